The van der Waals surface area contributed by atoms with Gasteiger partial charge >= 0.3 is 0 Å². The summed E-state index contributed by atoms with van der Waals surface area (Å²) >= 11 is 1.70. The average molecular weight is 490 g/mol. The highest BCUT2D eigenvalue weighted by molar-refractivity contribution is 7.18. The van der Waals surface area contributed by atoms with E-state index in [4.69, 9.17) is 4.42 Å². The molecule has 0 aliphatic rings. The molecule has 0 saturated heterocycles. The number of nitro groups is 1. The summed E-state index contributed by atoms with van der Waals surface area (Å²) in [5.41, 5.74) is 1.69. The van der Waals surface area contributed by atoms with Gasteiger partial charge in [0.2, 0.25) is 5.52 Å². The molecule has 0 N–H and O–H groups in total. The second-order valence-corrected chi connectivity index (χ2v) is 6.84. The summed E-state index contributed by atoms with van der Waals surface area (Å²) in [6.07, 6.45) is 3.87. The summed E-state index contributed by atoms with van der Waals surface area (Å²) in [5.74, 6) is 1.13. The predicted octanol–water partition coefficient (Wildman–Crippen LogP) is 2.07. The Kier molecular flexibility index (Phi) is 5.71. The van der Waals surface area contributed by atoms with Crippen molar-refractivity contribution >= 4 is 39.4 Å². The van der Waals surface area contributed by atoms with Crippen molar-refractivity contribution in [2.75, 3.05) is 0 Å². The molecule has 0 saturated carbocycles. The molecule has 2 aromatic heterocycles. The third-order valence-electron chi connectivity index (χ3n) is 4.15. The fraction of sp³-hybridized carbons (Fsp3) is 0.0500. The molecule has 0 aliphatic carbocycles. The van der Waals surface area contributed by atoms with E-state index in [1.54, 1.807) is 35.6 Å². The van der Waals surface area contributed by atoms with Crippen LogP contribution in [-0.2, 0) is 7.05 Å². The minimum absolute atomic E-state index is 0. The quantitative estimate of drug-likeness (QED) is 0.191. The normalized spacial score (nSPS) is 11.0. The molecule has 136 valence electrons. The lowest BCUT2D eigenvalue weighted by Gasteiger charge is -1.98. The van der Waals surface area contributed by atoms with Crippen molar-refractivity contribution in [1.82, 2.24) is 0 Å². The van der Waals surface area contributed by atoms with Crippen LogP contribution in [0.3, 0.4) is 0 Å². The van der Waals surface area contributed by atoms with Gasteiger partial charge in [-0.1, -0.05) is 35.6 Å². The number of nitrogens with zero attached hydrogens (tertiary/aromatic N) is 2. The molecule has 2 heterocycles. The highest BCUT2D eigenvalue weighted by Crippen LogP contribution is 2.31. The van der Waals surface area contributed by atoms with Crippen molar-refractivity contribution in [2.24, 2.45) is 7.05 Å². The molecule has 5 nitrogen and oxygen atoms in total. The van der Waals surface area contributed by atoms with Crippen molar-refractivity contribution in [3.8, 4) is 11.3 Å². The zero-order valence-electron chi connectivity index (χ0n) is 14.3. The maximum atomic E-state index is 11.2. The van der Waals surface area contributed by atoms with Gasteiger partial charge < -0.3 is 28.4 Å². The molecule has 0 radical (unpaired) electrons. The Bertz CT molecular complexity index is 1150. The SMILES string of the molecule is C[n+]1c(/C=C/c2ccc(-c3ccccc3[N+](=O)[O-])o2)sc2ccccc21.[I-]. The van der Waals surface area contributed by atoms with Crippen LogP contribution in [0.2, 0.25) is 0 Å². The standard InChI is InChI=1S/C20H15N2O3S.HI/c1-21-17-8-4-5-9-19(17)26-20(21)13-11-14-10-12-18(25-14)15-6-2-3-7-16(15)22(23)24;/h2-13H,1H3;1H/q+1;/p-1/b13-11+;. The molecule has 0 bridgehead atoms. The number of furan rings is 1. The van der Waals surface area contributed by atoms with Crippen LogP contribution < -0.4 is 28.5 Å². The monoisotopic (exact) mass is 490 g/mol. The third kappa shape index (κ3) is 3.79. The van der Waals surface area contributed by atoms with Gasteiger partial charge in [-0.05, 0) is 30.3 Å². The number of benzene rings is 2. The number of halogens is 1. The first-order chi connectivity index (χ1) is 12.6. The molecule has 0 amide bonds. The average Bonchev–Trinajstić information content (AvgIpc) is 3.25. The van der Waals surface area contributed by atoms with Crippen molar-refractivity contribution < 1.29 is 37.9 Å². The number of nitro benzene ring substituents is 1. The molecule has 7 heteroatoms. The van der Waals surface area contributed by atoms with E-state index in [-0.39, 0.29) is 29.7 Å². The van der Waals surface area contributed by atoms with Crippen molar-refractivity contribution in [3.63, 3.8) is 0 Å². The zero-order valence-corrected chi connectivity index (χ0v) is 17.3. The van der Waals surface area contributed by atoms with Crippen LogP contribution in [0, 0.1) is 10.1 Å². The van der Waals surface area contributed by atoms with E-state index in [9.17, 15) is 10.1 Å². The molecule has 0 aliphatic heterocycles. The first kappa shape index (κ1) is 19.2. The number of hydrogen-bond donors (Lipinski definition) is 0. The second kappa shape index (κ2) is 8.01. The van der Waals surface area contributed by atoms with Crippen LogP contribution in [0.4, 0.5) is 5.69 Å². The lowest BCUT2D eigenvalue weighted by atomic mass is 10.1. The molecule has 27 heavy (non-hydrogen) atoms. The van der Waals surface area contributed by atoms with E-state index in [2.05, 4.69) is 16.7 Å². The molecular formula is C20H15IN2O3S. The van der Waals surface area contributed by atoms with Crippen LogP contribution in [-0.4, -0.2) is 4.92 Å². The first-order valence-electron chi connectivity index (χ1n) is 8.03. The van der Waals surface area contributed by atoms with Gasteiger partial charge in [-0.2, -0.15) is 4.57 Å². The van der Waals surface area contributed by atoms with Gasteiger partial charge in [-0.25, -0.2) is 0 Å². The Morgan fingerprint density at radius 1 is 1.04 bits per heavy atom. The number of fused-ring (bicyclic) bond motifs is 1. The maximum Gasteiger partial charge on any atom is 0.280 e. The lowest BCUT2D eigenvalue weighted by Crippen LogP contribution is -3.00. The second-order valence-electron chi connectivity index (χ2n) is 5.78. The maximum absolute atomic E-state index is 11.2. The molecule has 2 aromatic carbocycles. The van der Waals surface area contributed by atoms with Gasteiger partial charge in [0.25, 0.3) is 10.7 Å². The third-order valence-corrected chi connectivity index (χ3v) is 5.34. The summed E-state index contributed by atoms with van der Waals surface area (Å²) in [6.45, 7) is 0. The zero-order chi connectivity index (χ0) is 18.1. The minimum atomic E-state index is -0.398. The van der Waals surface area contributed by atoms with Gasteiger partial charge in [-0.3, -0.25) is 10.1 Å². The molecule has 4 aromatic rings. The number of aryl methyl sites for hydroxylation is 1. The van der Waals surface area contributed by atoms with Gasteiger partial charge in [0.1, 0.15) is 23.3 Å². The van der Waals surface area contributed by atoms with Gasteiger partial charge in [0.05, 0.1) is 10.5 Å². The van der Waals surface area contributed by atoms with Crippen molar-refractivity contribution in [1.29, 1.82) is 0 Å². The smallest absolute Gasteiger partial charge is 0.280 e. The molecule has 0 unspecified atom stereocenters. The summed E-state index contributed by atoms with van der Waals surface area (Å²) in [5, 5.41) is 12.3. The topological polar surface area (TPSA) is 60.2 Å². The lowest BCUT2D eigenvalue weighted by molar-refractivity contribution is -0.642. The number of hydrogen-bond acceptors (Lipinski definition) is 4. The van der Waals surface area contributed by atoms with Crippen LogP contribution in [0.25, 0.3) is 33.7 Å². The Balaban J connectivity index is 0.00000210. The van der Waals surface area contributed by atoms with Crippen LogP contribution in [0.5, 0.6) is 0 Å². The molecule has 0 atom stereocenters. The van der Waals surface area contributed by atoms with E-state index in [0.29, 0.717) is 17.1 Å². The Hall–Kier alpha value is -2.52. The van der Waals surface area contributed by atoms with Gasteiger partial charge in [-0.15, -0.1) is 0 Å². The number of thiazole rings is 1. The molecule has 0 fully saturated rings. The van der Waals surface area contributed by atoms with Crippen molar-refractivity contribution in [3.05, 3.63) is 81.5 Å². The van der Waals surface area contributed by atoms with Gasteiger partial charge in [0, 0.05) is 18.2 Å². The number of para-hydroxylation sites is 2. The molecule has 4 rings (SSSR count). The van der Waals surface area contributed by atoms with E-state index in [0.717, 1.165) is 5.01 Å². The number of rotatable bonds is 4. The summed E-state index contributed by atoms with van der Waals surface area (Å²) < 4.78 is 9.15. The Morgan fingerprint density at radius 3 is 2.56 bits per heavy atom. The van der Waals surface area contributed by atoms with Gasteiger partial charge in [0.15, 0.2) is 0 Å². The van der Waals surface area contributed by atoms with E-state index in [1.807, 2.05) is 37.4 Å². The van der Waals surface area contributed by atoms with E-state index < -0.39 is 4.92 Å². The molecular weight excluding hydrogens is 475 g/mol. The highest BCUT2D eigenvalue weighted by atomic mass is 127. The van der Waals surface area contributed by atoms with Crippen LogP contribution in [0.15, 0.2) is 65.1 Å². The van der Waals surface area contributed by atoms with E-state index >= 15 is 0 Å². The fourth-order valence-electron chi connectivity index (χ4n) is 2.85. The summed E-state index contributed by atoms with van der Waals surface area (Å²) in [4.78, 5) is 10.8. The summed E-state index contributed by atoms with van der Waals surface area (Å²) in [7, 11) is 2.03. The fourth-order valence-corrected chi connectivity index (χ4v) is 3.90. The van der Waals surface area contributed by atoms with Crippen LogP contribution >= 0.6 is 11.3 Å². The number of aromatic nitrogens is 1. The van der Waals surface area contributed by atoms with E-state index in [1.165, 1.54) is 16.3 Å². The van der Waals surface area contributed by atoms with Crippen LogP contribution in [0.1, 0.15) is 10.8 Å². The minimum Gasteiger partial charge on any atom is -1.00 e. The Labute approximate surface area is 176 Å². The summed E-state index contributed by atoms with van der Waals surface area (Å²) in [6, 6.07) is 18.4. The first-order valence-corrected chi connectivity index (χ1v) is 8.84. The molecule has 0 spiro atoms. The highest BCUT2D eigenvalue weighted by Gasteiger charge is 2.17. The Morgan fingerprint density at radius 2 is 1.78 bits per heavy atom. The predicted molar refractivity (Wildman–Crippen MR) is 103 cm³/mol. The largest absolute Gasteiger partial charge is 1.00 e. The van der Waals surface area contributed by atoms with Crippen molar-refractivity contribution in [2.45, 2.75) is 0 Å².